The lowest BCUT2D eigenvalue weighted by molar-refractivity contribution is 0.0842. The molecule has 0 N–H and O–H groups in total. The molecule has 0 radical (unpaired) electrons. The molecule has 0 fully saturated rings. The molecule has 0 bridgehead atoms. The summed E-state index contributed by atoms with van der Waals surface area (Å²) in [5, 5.41) is 6.34. The summed E-state index contributed by atoms with van der Waals surface area (Å²) >= 11 is 0. The zero-order valence-electron chi connectivity index (χ0n) is 32.2. The van der Waals surface area contributed by atoms with Crippen LogP contribution in [0.1, 0.15) is 43.0 Å². The van der Waals surface area contributed by atoms with E-state index in [2.05, 4.69) is 219 Å². The smallest absolute Gasteiger partial charge is 0.138 e. The first-order valence-corrected chi connectivity index (χ1v) is 19.6. The average Bonchev–Trinajstić information content (AvgIpc) is 3.82. The van der Waals surface area contributed by atoms with E-state index in [9.17, 15) is 0 Å². The maximum atomic E-state index is 6.72. The van der Waals surface area contributed by atoms with Gasteiger partial charge in [0.05, 0.1) is 39.0 Å². The Morgan fingerprint density at radius 1 is 0.456 bits per heavy atom. The summed E-state index contributed by atoms with van der Waals surface area (Å²) in [5.41, 5.74) is 11.1. The molecule has 0 aliphatic carbocycles. The second-order valence-electron chi connectivity index (χ2n) is 15.7. The average molecular weight is 739 g/mol. The highest BCUT2D eigenvalue weighted by Gasteiger charge is 2.41. The molecule has 7 aromatic carbocycles. The molecule has 1 aliphatic rings. The zero-order valence-corrected chi connectivity index (χ0v) is 32.2. The molecule has 0 atom stereocenters. The summed E-state index contributed by atoms with van der Waals surface area (Å²) in [6.45, 7) is 6.51. The van der Waals surface area contributed by atoms with Gasteiger partial charge in [0, 0.05) is 17.0 Å². The first-order chi connectivity index (χ1) is 27.9. The number of aromatic nitrogens is 2. The maximum absolute atomic E-state index is 6.72. The molecule has 1 aliphatic heterocycles. The van der Waals surface area contributed by atoms with Crippen LogP contribution in [0.3, 0.4) is 0 Å². The predicted molar refractivity (Wildman–Crippen MR) is 234 cm³/mol. The maximum Gasteiger partial charge on any atom is 0.138 e. The molecule has 0 saturated carbocycles. The van der Waals surface area contributed by atoms with E-state index in [-0.39, 0.29) is 5.54 Å². The standard InChI is InChI=1S/C52H42N4O/c1-51(2,3)56-48-29-16-15-28-47(48)55(57-56)43-25-17-24-41(35-43)52(39-20-9-5-10-21-39,40-22-11-6-12-23-40)42-30-31-45-44-26-13-14-27-46(44)54(49(45)36-42)50-34-38(32-33-53-50)37-18-7-4-8-19-37/h4-36H,1-3H3. The Bertz CT molecular complexity index is 2840. The zero-order chi connectivity index (χ0) is 38.6. The fourth-order valence-electron chi connectivity index (χ4n) is 8.69. The van der Waals surface area contributed by atoms with Gasteiger partial charge in [-0.05, 0) is 103 Å². The summed E-state index contributed by atoms with van der Waals surface area (Å²) < 4.78 is 2.33. The topological polar surface area (TPSA) is 33.5 Å². The molecule has 5 nitrogen and oxygen atoms in total. The number of para-hydroxylation sites is 3. The highest BCUT2D eigenvalue weighted by atomic mass is 16.8. The van der Waals surface area contributed by atoms with Crippen LogP contribution in [0.5, 0.6) is 0 Å². The molecule has 5 heteroatoms. The van der Waals surface area contributed by atoms with Crippen molar-refractivity contribution in [1.29, 1.82) is 0 Å². The fraction of sp³-hybridized carbons (Fsp3) is 0.0962. The van der Waals surface area contributed by atoms with Gasteiger partial charge in [-0.25, -0.2) is 10.0 Å². The van der Waals surface area contributed by atoms with E-state index in [0.717, 1.165) is 56.2 Å². The summed E-state index contributed by atoms with van der Waals surface area (Å²) in [7, 11) is 0. The number of benzene rings is 7. The van der Waals surface area contributed by atoms with Crippen molar-refractivity contribution in [3.8, 4) is 16.9 Å². The van der Waals surface area contributed by atoms with Crippen LogP contribution in [-0.2, 0) is 10.4 Å². The van der Waals surface area contributed by atoms with Crippen LogP contribution in [0.2, 0.25) is 0 Å². The molecule has 276 valence electrons. The second kappa shape index (κ2) is 13.7. The molecule has 0 saturated heterocycles. The highest BCUT2D eigenvalue weighted by Crippen LogP contribution is 2.50. The van der Waals surface area contributed by atoms with Crippen molar-refractivity contribution in [2.75, 3.05) is 10.1 Å². The van der Waals surface area contributed by atoms with Gasteiger partial charge in [-0.2, -0.15) is 5.06 Å². The van der Waals surface area contributed by atoms with Gasteiger partial charge in [-0.1, -0.05) is 146 Å². The normalized spacial score (nSPS) is 13.0. The minimum absolute atomic E-state index is 0.260. The van der Waals surface area contributed by atoms with Gasteiger partial charge in [0.2, 0.25) is 0 Å². The van der Waals surface area contributed by atoms with Gasteiger partial charge >= 0.3 is 0 Å². The van der Waals surface area contributed by atoms with E-state index in [0.29, 0.717) is 0 Å². The summed E-state index contributed by atoms with van der Waals surface area (Å²) in [6.07, 6.45) is 1.92. The Kier molecular flexibility index (Phi) is 8.28. The van der Waals surface area contributed by atoms with Crippen molar-refractivity contribution in [1.82, 2.24) is 9.55 Å². The lowest BCUT2D eigenvalue weighted by atomic mass is 9.65. The van der Waals surface area contributed by atoms with E-state index >= 15 is 0 Å². The minimum atomic E-state index is -0.712. The van der Waals surface area contributed by atoms with Gasteiger partial charge in [0.1, 0.15) is 5.82 Å². The Morgan fingerprint density at radius 3 is 1.77 bits per heavy atom. The Morgan fingerprint density at radius 2 is 1.05 bits per heavy atom. The molecule has 57 heavy (non-hydrogen) atoms. The van der Waals surface area contributed by atoms with Gasteiger partial charge in [-0.15, -0.1) is 4.94 Å². The van der Waals surface area contributed by atoms with E-state index < -0.39 is 5.41 Å². The van der Waals surface area contributed by atoms with Gasteiger partial charge in [-0.3, -0.25) is 4.57 Å². The number of fused-ring (bicyclic) bond motifs is 4. The summed E-state index contributed by atoms with van der Waals surface area (Å²) in [5.74, 6) is 0.875. The third kappa shape index (κ3) is 5.70. The van der Waals surface area contributed by atoms with Crippen molar-refractivity contribution in [3.05, 3.63) is 223 Å². The van der Waals surface area contributed by atoms with Gasteiger partial charge < -0.3 is 0 Å². The van der Waals surface area contributed by atoms with Crippen LogP contribution < -0.4 is 10.1 Å². The van der Waals surface area contributed by atoms with Crippen LogP contribution in [0.4, 0.5) is 17.1 Å². The number of pyridine rings is 1. The molecular formula is C52H42N4O. The molecule has 2 aromatic heterocycles. The van der Waals surface area contributed by atoms with Crippen LogP contribution in [0.15, 0.2) is 200 Å². The van der Waals surface area contributed by atoms with E-state index in [1.807, 2.05) is 16.3 Å². The van der Waals surface area contributed by atoms with Crippen molar-refractivity contribution in [2.24, 2.45) is 0 Å². The second-order valence-corrected chi connectivity index (χ2v) is 15.7. The van der Waals surface area contributed by atoms with Crippen molar-refractivity contribution >= 4 is 38.9 Å². The Hall–Kier alpha value is -6.95. The van der Waals surface area contributed by atoms with E-state index in [1.165, 1.54) is 21.9 Å². The predicted octanol–water partition coefficient (Wildman–Crippen LogP) is 12.8. The third-order valence-electron chi connectivity index (χ3n) is 11.2. The molecule has 3 heterocycles. The number of hydrogen-bond donors (Lipinski definition) is 0. The van der Waals surface area contributed by atoms with Gasteiger partial charge in [0.15, 0.2) is 0 Å². The van der Waals surface area contributed by atoms with Crippen molar-refractivity contribution in [3.63, 3.8) is 0 Å². The molecule has 10 rings (SSSR count). The van der Waals surface area contributed by atoms with Gasteiger partial charge in [0.25, 0.3) is 0 Å². The minimum Gasteiger partial charge on any atom is -0.294 e. The first kappa shape index (κ1) is 34.5. The summed E-state index contributed by atoms with van der Waals surface area (Å²) in [6, 6.07) is 69.5. The van der Waals surface area contributed by atoms with Crippen LogP contribution >= 0.6 is 0 Å². The van der Waals surface area contributed by atoms with E-state index in [1.54, 1.807) is 0 Å². The van der Waals surface area contributed by atoms with Crippen molar-refractivity contribution in [2.45, 2.75) is 31.7 Å². The van der Waals surface area contributed by atoms with E-state index in [4.69, 9.17) is 9.92 Å². The molecule has 0 spiro atoms. The molecule has 0 unspecified atom stereocenters. The molecule has 9 aromatic rings. The number of hydrogen-bond acceptors (Lipinski definition) is 4. The van der Waals surface area contributed by atoms with Crippen molar-refractivity contribution < 1.29 is 4.94 Å². The fourth-order valence-corrected chi connectivity index (χ4v) is 8.69. The number of nitrogens with zero attached hydrogens (tertiary/aromatic N) is 4. The first-order valence-electron chi connectivity index (χ1n) is 19.6. The van der Waals surface area contributed by atoms with Crippen LogP contribution in [0.25, 0.3) is 38.8 Å². The van der Waals surface area contributed by atoms with Crippen LogP contribution in [-0.4, -0.2) is 15.1 Å². The highest BCUT2D eigenvalue weighted by molar-refractivity contribution is 6.09. The number of rotatable bonds is 7. The summed E-state index contributed by atoms with van der Waals surface area (Å²) in [4.78, 5) is 11.7. The lowest BCUT2D eigenvalue weighted by Gasteiger charge is -2.37. The third-order valence-corrected chi connectivity index (χ3v) is 11.2. The molecular weight excluding hydrogens is 697 g/mol. The quantitative estimate of drug-likeness (QED) is 0.152. The SMILES string of the molecule is CC(C)(C)N1ON(c2cccc(C(c3ccccc3)(c3ccccc3)c3ccc4c5ccccc5n(-c5cc(-c6ccccc6)ccn5)c4c3)c2)c2ccccc21. The molecule has 0 amide bonds. The Labute approximate surface area is 333 Å². The Balaban J connectivity index is 1.24. The number of anilines is 3. The monoisotopic (exact) mass is 738 g/mol. The van der Waals surface area contributed by atoms with Crippen LogP contribution in [0, 0.1) is 0 Å². The largest absolute Gasteiger partial charge is 0.294 e. The number of hydroxylamine groups is 1. The lowest BCUT2D eigenvalue weighted by Crippen LogP contribution is -2.41.